The van der Waals surface area contributed by atoms with Gasteiger partial charge < -0.3 is 18.9 Å². The second kappa shape index (κ2) is 14.5. The SMILES string of the molecule is COc1cc2c(Oc3ccc(CC(=S)CC(=O)Cc4ccc(F)cc4)cc3F)ccnc2cc1OCCN1CCOCC1. The van der Waals surface area contributed by atoms with Crippen molar-refractivity contribution < 1.29 is 32.5 Å². The van der Waals surface area contributed by atoms with Crippen molar-refractivity contribution in [2.45, 2.75) is 19.3 Å². The number of morpholine rings is 1. The number of halogens is 2. The summed E-state index contributed by atoms with van der Waals surface area (Å²) in [5.41, 5.74) is 1.97. The van der Waals surface area contributed by atoms with Gasteiger partial charge in [0.25, 0.3) is 0 Å². The first kappa shape index (κ1) is 30.5. The van der Waals surface area contributed by atoms with E-state index in [0.717, 1.165) is 38.4 Å². The third-order valence-electron chi connectivity index (χ3n) is 7.08. The lowest BCUT2D eigenvalue weighted by Gasteiger charge is -2.26. The largest absolute Gasteiger partial charge is 0.493 e. The normalized spacial score (nSPS) is 13.6. The van der Waals surface area contributed by atoms with Gasteiger partial charge in [-0.3, -0.25) is 14.7 Å². The maximum atomic E-state index is 15.1. The number of benzene rings is 3. The van der Waals surface area contributed by atoms with Crippen molar-refractivity contribution in [2.24, 2.45) is 0 Å². The molecule has 0 atom stereocenters. The van der Waals surface area contributed by atoms with Crippen molar-refractivity contribution in [3.05, 3.63) is 89.6 Å². The molecule has 10 heteroatoms. The Morgan fingerprint density at radius 2 is 1.70 bits per heavy atom. The van der Waals surface area contributed by atoms with Gasteiger partial charge in [-0.15, -0.1) is 0 Å². The first-order valence-electron chi connectivity index (χ1n) is 14.0. The summed E-state index contributed by atoms with van der Waals surface area (Å²) in [7, 11) is 1.56. The number of carbonyl (C=O) groups excluding carboxylic acids is 1. The second-order valence-electron chi connectivity index (χ2n) is 10.2. The Morgan fingerprint density at radius 3 is 2.44 bits per heavy atom. The van der Waals surface area contributed by atoms with E-state index in [2.05, 4.69) is 9.88 Å². The molecule has 224 valence electrons. The van der Waals surface area contributed by atoms with Crippen molar-refractivity contribution in [2.75, 3.05) is 46.6 Å². The van der Waals surface area contributed by atoms with Gasteiger partial charge in [-0.05, 0) is 47.5 Å². The monoisotopic (exact) mass is 606 g/mol. The van der Waals surface area contributed by atoms with E-state index in [1.165, 1.54) is 18.2 Å². The molecular formula is C33H32F2N2O5S. The average Bonchev–Trinajstić information content (AvgIpc) is 3.00. The van der Waals surface area contributed by atoms with E-state index < -0.39 is 5.82 Å². The number of fused-ring (bicyclic) bond motifs is 1. The van der Waals surface area contributed by atoms with Crippen LogP contribution in [-0.2, 0) is 22.4 Å². The lowest BCUT2D eigenvalue weighted by Crippen LogP contribution is -2.38. The summed E-state index contributed by atoms with van der Waals surface area (Å²) >= 11 is 5.41. The lowest BCUT2D eigenvalue weighted by molar-refractivity contribution is -0.117. The summed E-state index contributed by atoms with van der Waals surface area (Å²) in [6.07, 6.45) is 2.10. The summed E-state index contributed by atoms with van der Waals surface area (Å²) in [6, 6.07) is 15.6. The number of hydrogen-bond donors (Lipinski definition) is 0. The van der Waals surface area contributed by atoms with Gasteiger partial charge in [0, 0.05) is 61.4 Å². The van der Waals surface area contributed by atoms with Crippen LogP contribution < -0.4 is 14.2 Å². The highest BCUT2D eigenvalue weighted by Crippen LogP contribution is 2.37. The van der Waals surface area contributed by atoms with Crippen LogP contribution in [0.4, 0.5) is 8.78 Å². The summed E-state index contributed by atoms with van der Waals surface area (Å²) in [5, 5.41) is 0.643. The molecule has 0 radical (unpaired) electrons. The molecule has 2 heterocycles. The molecule has 1 aromatic heterocycles. The molecule has 1 saturated heterocycles. The van der Waals surface area contributed by atoms with E-state index in [1.807, 2.05) is 0 Å². The predicted molar refractivity (Wildman–Crippen MR) is 164 cm³/mol. The number of thiocarbonyl (C=S) groups is 1. The number of Topliss-reactive ketones (excluding diaryl/α,β-unsaturated/α-hetero) is 1. The molecule has 0 saturated carbocycles. The minimum absolute atomic E-state index is 0.0411. The summed E-state index contributed by atoms with van der Waals surface area (Å²) in [4.78, 5) is 19.6. The van der Waals surface area contributed by atoms with E-state index in [1.54, 1.807) is 55.8 Å². The van der Waals surface area contributed by atoms with Gasteiger partial charge in [-0.1, -0.05) is 30.4 Å². The van der Waals surface area contributed by atoms with E-state index in [-0.39, 0.29) is 36.6 Å². The fourth-order valence-corrected chi connectivity index (χ4v) is 5.18. The number of aromatic nitrogens is 1. The zero-order chi connectivity index (χ0) is 30.2. The van der Waals surface area contributed by atoms with Gasteiger partial charge >= 0.3 is 0 Å². The molecule has 43 heavy (non-hydrogen) atoms. The highest BCUT2D eigenvalue weighted by atomic mass is 32.1. The number of ether oxygens (including phenoxy) is 4. The Kier molecular flexibility index (Phi) is 10.2. The standard InChI is InChI=1S/C33H32F2N2O5S/c1-39-32-20-27-29(21-33(32)41-15-12-37-10-13-40-14-11-37)36-9-8-30(27)42-31-7-4-23(18-28(31)35)17-26(43)19-25(38)16-22-2-5-24(34)6-3-22/h2-9,18,20-21H,10-17,19H2,1H3. The third-order valence-corrected chi connectivity index (χ3v) is 7.37. The van der Waals surface area contributed by atoms with Gasteiger partial charge in [-0.2, -0.15) is 0 Å². The molecule has 1 fully saturated rings. The number of hydrogen-bond acceptors (Lipinski definition) is 8. The van der Waals surface area contributed by atoms with Crippen molar-refractivity contribution in [1.29, 1.82) is 0 Å². The highest BCUT2D eigenvalue weighted by molar-refractivity contribution is 7.80. The smallest absolute Gasteiger partial charge is 0.166 e. The third kappa shape index (κ3) is 8.31. The van der Waals surface area contributed by atoms with Crippen molar-refractivity contribution >= 4 is 33.8 Å². The van der Waals surface area contributed by atoms with Crippen LogP contribution in [-0.4, -0.2) is 67.1 Å². The van der Waals surface area contributed by atoms with Crippen LogP contribution >= 0.6 is 12.2 Å². The Labute approximate surface area is 254 Å². The minimum Gasteiger partial charge on any atom is -0.493 e. The maximum Gasteiger partial charge on any atom is 0.166 e. The molecule has 5 rings (SSSR count). The lowest BCUT2D eigenvalue weighted by atomic mass is 10.0. The molecule has 1 aliphatic rings. The molecule has 0 N–H and O–H groups in total. The van der Waals surface area contributed by atoms with Crippen LogP contribution in [0.15, 0.2) is 66.9 Å². The second-order valence-corrected chi connectivity index (χ2v) is 10.8. The van der Waals surface area contributed by atoms with Crippen molar-refractivity contribution in [3.8, 4) is 23.0 Å². The highest BCUT2D eigenvalue weighted by Gasteiger charge is 2.16. The first-order chi connectivity index (χ1) is 20.9. The number of rotatable bonds is 13. The van der Waals surface area contributed by atoms with Crippen LogP contribution in [0.3, 0.4) is 0 Å². The van der Waals surface area contributed by atoms with Gasteiger partial charge in [0.15, 0.2) is 23.1 Å². The fraction of sp³-hybridized carbons (Fsp3) is 0.303. The summed E-state index contributed by atoms with van der Waals surface area (Å²) in [6.45, 7) is 4.47. The molecule has 0 bridgehead atoms. The number of methoxy groups -OCH3 is 1. The molecule has 4 aromatic rings. The summed E-state index contributed by atoms with van der Waals surface area (Å²) < 4.78 is 51.2. The van der Waals surface area contributed by atoms with Gasteiger partial charge in [0.2, 0.25) is 0 Å². The Balaban J connectivity index is 1.22. The molecule has 7 nitrogen and oxygen atoms in total. The van der Waals surface area contributed by atoms with Crippen LogP contribution in [0, 0.1) is 11.6 Å². The number of ketones is 1. The molecule has 0 spiro atoms. The number of nitrogens with zero attached hydrogens (tertiary/aromatic N) is 2. The minimum atomic E-state index is -0.557. The summed E-state index contributed by atoms with van der Waals surface area (Å²) in [5.74, 6) is 0.547. The van der Waals surface area contributed by atoms with Crippen molar-refractivity contribution in [1.82, 2.24) is 9.88 Å². The Hall–Kier alpha value is -3.99. The average molecular weight is 607 g/mol. The number of pyridine rings is 1. The Morgan fingerprint density at radius 1 is 0.930 bits per heavy atom. The maximum absolute atomic E-state index is 15.1. The fourth-order valence-electron chi connectivity index (χ4n) is 4.86. The van der Waals surface area contributed by atoms with Crippen LogP contribution in [0.5, 0.6) is 23.0 Å². The van der Waals surface area contributed by atoms with Gasteiger partial charge in [0.1, 0.15) is 24.0 Å². The van der Waals surface area contributed by atoms with Crippen LogP contribution in [0.25, 0.3) is 10.9 Å². The van der Waals surface area contributed by atoms with E-state index in [0.29, 0.717) is 45.2 Å². The molecule has 3 aromatic carbocycles. The predicted octanol–water partition coefficient (Wildman–Crippen LogP) is 6.14. The topological polar surface area (TPSA) is 70.1 Å². The van der Waals surface area contributed by atoms with Gasteiger partial charge in [-0.25, -0.2) is 8.78 Å². The van der Waals surface area contributed by atoms with E-state index >= 15 is 4.39 Å². The van der Waals surface area contributed by atoms with Crippen LogP contribution in [0.1, 0.15) is 17.5 Å². The van der Waals surface area contributed by atoms with E-state index in [9.17, 15) is 9.18 Å². The van der Waals surface area contributed by atoms with Crippen molar-refractivity contribution in [3.63, 3.8) is 0 Å². The van der Waals surface area contributed by atoms with E-state index in [4.69, 9.17) is 31.2 Å². The molecule has 0 unspecified atom stereocenters. The molecular weight excluding hydrogens is 574 g/mol. The molecule has 0 aliphatic carbocycles. The Bertz CT molecular complexity index is 1590. The molecule has 1 aliphatic heterocycles. The first-order valence-corrected chi connectivity index (χ1v) is 14.4. The quantitative estimate of drug-likeness (QED) is 0.168. The zero-order valence-electron chi connectivity index (χ0n) is 23.8. The van der Waals surface area contributed by atoms with Gasteiger partial charge in [0.05, 0.1) is 25.8 Å². The number of carbonyl (C=O) groups is 1. The van der Waals surface area contributed by atoms with Crippen LogP contribution in [0.2, 0.25) is 0 Å². The zero-order valence-corrected chi connectivity index (χ0v) is 24.6. The molecule has 0 amide bonds.